The lowest BCUT2D eigenvalue weighted by Gasteiger charge is -2.47. The summed E-state index contributed by atoms with van der Waals surface area (Å²) < 4.78 is 19.3. The van der Waals surface area contributed by atoms with Crippen LogP contribution in [0.1, 0.15) is 56.6 Å². The van der Waals surface area contributed by atoms with Crippen LogP contribution in [0.15, 0.2) is 60.7 Å². The highest BCUT2D eigenvalue weighted by Crippen LogP contribution is 2.47. The summed E-state index contributed by atoms with van der Waals surface area (Å²) in [6, 6.07) is 19.8. The summed E-state index contributed by atoms with van der Waals surface area (Å²) in [5.41, 5.74) is 5.11. The Balaban J connectivity index is 1.47. The van der Waals surface area contributed by atoms with Gasteiger partial charge >= 0.3 is 11.9 Å². The fraction of sp³-hybridized carbons (Fsp3) is 0.517. The van der Waals surface area contributed by atoms with Crippen molar-refractivity contribution >= 4 is 11.9 Å². The molecule has 0 saturated carbocycles. The lowest BCUT2D eigenvalue weighted by molar-refractivity contribution is -0.956. The molecule has 3 heterocycles. The maximum Gasteiger partial charge on any atom is 0.348 e. The second-order valence-electron chi connectivity index (χ2n) is 10.4. The zero-order valence-corrected chi connectivity index (χ0v) is 21.0. The van der Waals surface area contributed by atoms with Crippen LogP contribution in [0.25, 0.3) is 0 Å². The van der Waals surface area contributed by atoms with Gasteiger partial charge in [0.25, 0.3) is 0 Å². The Morgan fingerprint density at radius 1 is 0.944 bits per heavy atom. The van der Waals surface area contributed by atoms with Crippen molar-refractivity contribution in [2.24, 2.45) is 5.73 Å². The van der Waals surface area contributed by atoms with Crippen LogP contribution in [0.5, 0.6) is 0 Å². The van der Waals surface area contributed by atoms with Gasteiger partial charge in [-0.05, 0) is 18.1 Å². The summed E-state index contributed by atoms with van der Waals surface area (Å²) in [4.78, 5) is 26.2. The number of nitrogens with zero attached hydrogens (tertiary/aromatic N) is 1. The van der Waals surface area contributed by atoms with E-state index in [0.717, 1.165) is 12.8 Å². The Morgan fingerprint density at radius 3 is 1.97 bits per heavy atom. The monoisotopic (exact) mass is 493 g/mol. The van der Waals surface area contributed by atoms with Gasteiger partial charge in [0.1, 0.15) is 6.10 Å². The van der Waals surface area contributed by atoms with Crippen LogP contribution in [-0.4, -0.2) is 60.5 Å². The standard InChI is InChI=1S/C29H37N2O5/c1-21(34-27(32)20-30)36-29(22-10-4-2-5-11-22,23-12-6-3-7-13-23)28(33)35-26-18-24-14-15-25(19-26)31(24)16-8-9-17-31/h2-7,10-13,21,24-26H,8-9,14-20,30H2,1H3/q+1/t21-,24?,25?,26?/m1/s1. The van der Waals surface area contributed by atoms with Gasteiger partial charge in [0.2, 0.25) is 11.9 Å². The molecule has 2 aromatic rings. The summed E-state index contributed by atoms with van der Waals surface area (Å²) in [5.74, 6) is -1.08. The minimum absolute atomic E-state index is 0.156. The van der Waals surface area contributed by atoms with Crippen molar-refractivity contribution in [1.82, 2.24) is 0 Å². The van der Waals surface area contributed by atoms with Crippen molar-refractivity contribution in [3.8, 4) is 0 Å². The average Bonchev–Trinajstić information content (AvgIpc) is 3.44. The van der Waals surface area contributed by atoms with Crippen molar-refractivity contribution in [2.45, 2.75) is 75.5 Å². The predicted octanol–water partition coefficient (Wildman–Crippen LogP) is 3.64. The number of esters is 2. The van der Waals surface area contributed by atoms with Crippen LogP contribution >= 0.6 is 0 Å². The molecular formula is C29H37N2O5+. The third-order valence-electron chi connectivity index (χ3n) is 8.48. The molecule has 7 heteroatoms. The molecule has 192 valence electrons. The molecule has 0 aliphatic carbocycles. The molecule has 1 spiro atoms. The molecule has 3 atom stereocenters. The van der Waals surface area contributed by atoms with E-state index in [4.69, 9.17) is 19.9 Å². The van der Waals surface area contributed by atoms with Crippen molar-refractivity contribution in [1.29, 1.82) is 0 Å². The molecule has 36 heavy (non-hydrogen) atoms. The van der Waals surface area contributed by atoms with Crippen molar-refractivity contribution < 1.29 is 28.3 Å². The number of carbonyl (C=O) groups excluding carboxylic acids is 2. The van der Waals surface area contributed by atoms with Gasteiger partial charge in [-0.3, -0.25) is 4.79 Å². The molecule has 2 aromatic carbocycles. The topological polar surface area (TPSA) is 87.9 Å². The van der Waals surface area contributed by atoms with E-state index in [0.29, 0.717) is 23.2 Å². The first-order chi connectivity index (χ1) is 17.5. The van der Waals surface area contributed by atoms with Gasteiger partial charge in [-0.1, -0.05) is 60.7 Å². The SMILES string of the molecule is C[C@H](OC(=O)CN)OC(C(=O)OC1CC2CCC(C1)[N+]21CCCC1)(c1ccccc1)c1ccccc1. The van der Waals surface area contributed by atoms with E-state index in [-0.39, 0.29) is 12.6 Å². The molecule has 2 bridgehead atoms. The maximum absolute atomic E-state index is 14.3. The molecule has 2 N–H and O–H groups in total. The third-order valence-corrected chi connectivity index (χ3v) is 8.48. The molecule has 7 nitrogen and oxygen atoms in total. The molecule has 0 amide bonds. The largest absolute Gasteiger partial charge is 0.459 e. The van der Waals surface area contributed by atoms with E-state index in [1.807, 2.05) is 60.7 Å². The Bertz CT molecular complexity index is 998. The Kier molecular flexibility index (Phi) is 7.15. The summed E-state index contributed by atoms with van der Waals surface area (Å²) in [6.45, 7) is 3.86. The number of quaternary nitrogens is 1. The van der Waals surface area contributed by atoms with E-state index < -0.39 is 23.8 Å². The lowest BCUT2D eigenvalue weighted by atomic mass is 9.85. The quantitative estimate of drug-likeness (QED) is 0.343. The summed E-state index contributed by atoms with van der Waals surface area (Å²) in [5, 5.41) is 0. The minimum atomic E-state index is -1.59. The number of benzene rings is 2. The van der Waals surface area contributed by atoms with E-state index in [1.165, 1.54) is 43.3 Å². The van der Waals surface area contributed by atoms with Crippen molar-refractivity contribution in [3.63, 3.8) is 0 Å². The summed E-state index contributed by atoms with van der Waals surface area (Å²) >= 11 is 0. The molecule has 0 radical (unpaired) electrons. The first-order valence-electron chi connectivity index (χ1n) is 13.2. The van der Waals surface area contributed by atoms with Crippen molar-refractivity contribution in [2.75, 3.05) is 19.6 Å². The van der Waals surface area contributed by atoms with Gasteiger partial charge < -0.3 is 24.4 Å². The van der Waals surface area contributed by atoms with E-state index in [1.54, 1.807) is 6.92 Å². The number of rotatable bonds is 8. The highest BCUT2D eigenvalue weighted by Gasteiger charge is 2.57. The van der Waals surface area contributed by atoms with E-state index >= 15 is 0 Å². The molecule has 3 aliphatic rings. The fourth-order valence-electron chi connectivity index (χ4n) is 6.98. The smallest absolute Gasteiger partial charge is 0.348 e. The highest BCUT2D eigenvalue weighted by molar-refractivity contribution is 5.86. The fourth-order valence-corrected chi connectivity index (χ4v) is 6.98. The number of hydrogen-bond acceptors (Lipinski definition) is 6. The first kappa shape index (κ1) is 24.9. The molecule has 0 aromatic heterocycles. The number of carbonyl (C=O) groups is 2. The number of hydrogen-bond donors (Lipinski definition) is 1. The van der Waals surface area contributed by atoms with Crippen LogP contribution in [0.3, 0.4) is 0 Å². The van der Waals surface area contributed by atoms with E-state index in [9.17, 15) is 9.59 Å². The molecule has 3 aliphatic heterocycles. The number of piperidine rings is 1. The van der Waals surface area contributed by atoms with Gasteiger partial charge in [-0.15, -0.1) is 0 Å². The Morgan fingerprint density at radius 2 is 1.47 bits per heavy atom. The van der Waals surface area contributed by atoms with Gasteiger partial charge in [0, 0.05) is 38.5 Å². The molecular weight excluding hydrogens is 456 g/mol. The molecule has 2 unspecified atom stereocenters. The normalized spacial score (nSPS) is 25.4. The maximum atomic E-state index is 14.3. The van der Waals surface area contributed by atoms with Gasteiger partial charge in [-0.25, -0.2) is 4.79 Å². The summed E-state index contributed by atoms with van der Waals surface area (Å²) in [7, 11) is 0. The average molecular weight is 494 g/mol. The number of nitrogens with two attached hydrogens (primary N) is 1. The van der Waals surface area contributed by atoms with Crippen LogP contribution < -0.4 is 5.73 Å². The van der Waals surface area contributed by atoms with Gasteiger partial charge in [0.15, 0.2) is 0 Å². The van der Waals surface area contributed by atoms with Crippen LogP contribution in [0, 0.1) is 0 Å². The van der Waals surface area contributed by atoms with Crippen LogP contribution in [0.4, 0.5) is 0 Å². The zero-order valence-electron chi connectivity index (χ0n) is 21.0. The van der Waals surface area contributed by atoms with Gasteiger partial charge in [-0.2, -0.15) is 0 Å². The van der Waals surface area contributed by atoms with Crippen molar-refractivity contribution in [3.05, 3.63) is 71.8 Å². The molecule has 3 fully saturated rings. The van der Waals surface area contributed by atoms with E-state index in [2.05, 4.69) is 0 Å². The second-order valence-corrected chi connectivity index (χ2v) is 10.4. The minimum Gasteiger partial charge on any atom is -0.459 e. The molecule has 5 rings (SSSR count). The Hall–Kier alpha value is -2.74. The Labute approximate surface area is 213 Å². The zero-order chi connectivity index (χ0) is 25.2. The summed E-state index contributed by atoms with van der Waals surface area (Å²) in [6.07, 6.45) is 5.63. The van der Waals surface area contributed by atoms with Gasteiger partial charge in [0.05, 0.1) is 31.7 Å². The second kappa shape index (κ2) is 10.3. The molecule has 3 saturated heterocycles. The van der Waals surface area contributed by atoms with Crippen LogP contribution in [0.2, 0.25) is 0 Å². The first-order valence-corrected chi connectivity index (χ1v) is 13.2. The van der Waals surface area contributed by atoms with Crippen LogP contribution in [-0.2, 0) is 29.4 Å². The highest BCUT2D eigenvalue weighted by atomic mass is 16.7. The third kappa shape index (κ3) is 4.44. The predicted molar refractivity (Wildman–Crippen MR) is 135 cm³/mol. The number of ether oxygens (including phenoxy) is 3. The lowest BCUT2D eigenvalue weighted by Crippen LogP contribution is -2.60.